The van der Waals surface area contributed by atoms with Crippen LogP contribution >= 0.6 is 11.6 Å². The Morgan fingerprint density at radius 3 is 1.09 bits per heavy atom. The summed E-state index contributed by atoms with van der Waals surface area (Å²) in [4.78, 5) is 13.8. The molecule has 0 aromatic heterocycles. The van der Waals surface area contributed by atoms with E-state index >= 15 is 0 Å². The second-order valence-corrected chi connectivity index (χ2v) is 32.7. The number of rotatable bonds is 15. The fourth-order valence-electron chi connectivity index (χ4n) is 14.8. The molecule has 5 saturated heterocycles. The lowest BCUT2D eigenvalue weighted by Gasteiger charge is -2.30. The largest absolute Gasteiger partial charge is 0.496 e. The number of hydrogen-bond donors (Lipinski definition) is 0. The Bertz CT molecular complexity index is 3320. The third-order valence-corrected chi connectivity index (χ3v) is 22.1. The van der Waals surface area contributed by atoms with Crippen LogP contribution in [-0.2, 0) is 6.54 Å². The molecule has 2 unspecified atom stereocenters. The maximum Gasteiger partial charge on any atom is 0.127 e. The van der Waals surface area contributed by atoms with Gasteiger partial charge >= 0.3 is 0 Å². The zero-order valence-corrected chi connectivity index (χ0v) is 67.4. The van der Waals surface area contributed by atoms with Crippen LogP contribution in [0.5, 0.6) is 11.5 Å². The molecule has 0 saturated carbocycles. The van der Waals surface area contributed by atoms with E-state index in [1.807, 2.05) is 43.3 Å². The van der Waals surface area contributed by atoms with Gasteiger partial charge in [0.1, 0.15) is 29.0 Å². The van der Waals surface area contributed by atoms with Crippen molar-refractivity contribution in [2.75, 3.05) is 129 Å². The van der Waals surface area contributed by atoms with Gasteiger partial charge in [0.25, 0.3) is 0 Å². The molecule has 11 rings (SSSR count). The van der Waals surface area contributed by atoms with Crippen molar-refractivity contribution in [3.8, 4) is 11.5 Å². The molecule has 5 aliphatic rings. The molecule has 101 heavy (non-hydrogen) atoms. The highest BCUT2D eigenvalue weighted by atomic mass is 35.5. The topological polar surface area (TPSA) is 37.9 Å². The highest BCUT2D eigenvalue weighted by Crippen LogP contribution is 2.38. The van der Waals surface area contributed by atoms with Crippen molar-refractivity contribution in [3.05, 3.63) is 198 Å². The molecule has 6 aromatic rings. The molecule has 0 aliphatic carbocycles. The fraction of sp³-hybridized carbons (Fsp3) is 0.596. The van der Waals surface area contributed by atoms with Crippen LogP contribution in [0.1, 0.15) is 279 Å². The summed E-state index contributed by atoms with van der Waals surface area (Å²) in [6, 6.07) is 37.4. The molecule has 0 spiro atoms. The smallest absolute Gasteiger partial charge is 0.127 e. The third-order valence-electron chi connectivity index (χ3n) is 21.7. The molecule has 0 bridgehead atoms. The van der Waals surface area contributed by atoms with Crippen molar-refractivity contribution in [1.29, 1.82) is 0 Å². The van der Waals surface area contributed by atoms with E-state index in [0.717, 1.165) is 95.3 Å². The van der Waals surface area contributed by atoms with Crippen molar-refractivity contribution in [1.82, 2.24) is 29.4 Å². The molecular formula is C89H134ClF3N6O2. The minimum Gasteiger partial charge on any atom is -0.496 e. The molecule has 0 radical (unpaired) electrons. The van der Waals surface area contributed by atoms with E-state index in [4.69, 9.17) is 21.1 Å². The summed E-state index contributed by atoms with van der Waals surface area (Å²) in [6.07, 6.45) is 12.0. The maximum atomic E-state index is 14.1. The molecule has 8 nitrogen and oxygen atoms in total. The van der Waals surface area contributed by atoms with Gasteiger partial charge in [-0.3, -0.25) is 0 Å². The maximum absolute atomic E-state index is 14.1. The number of ether oxygens (including phenoxy) is 2. The molecule has 5 fully saturated rings. The molecule has 12 heteroatoms. The number of likely N-dealkylation sites (tertiary alicyclic amines) is 5. The van der Waals surface area contributed by atoms with Gasteiger partial charge < -0.3 is 38.9 Å². The van der Waals surface area contributed by atoms with Gasteiger partial charge in [0, 0.05) is 30.2 Å². The number of piperidine rings is 5. The number of methoxy groups -OCH3 is 2. The lowest BCUT2D eigenvalue weighted by Crippen LogP contribution is -2.31. The first-order valence-electron chi connectivity index (χ1n) is 38.6. The SMILES string of the molecule is CC(C)c1ccc(C2CCCN(C)C2)c(F)c1.CC(C)c1ccc(C2CCN(C)CC2)c(Cl)c1.CC(C)c1ccc(C2CCN(C)CC2)c(F)c1.CC(C)c1ccc(CN(C)C)c(F)c1.COc1cc(C2CCCN(C)C2)ccc1C(C)C.COc1cc(C2CCN(C)CC2)ccc1C(C)C. The van der Waals surface area contributed by atoms with Crippen molar-refractivity contribution in [2.24, 2.45) is 0 Å². The van der Waals surface area contributed by atoms with Crippen molar-refractivity contribution >= 4 is 11.6 Å². The van der Waals surface area contributed by atoms with Crippen LogP contribution in [0.25, 0.3) is 0 Å². The monoisotopic (exact) mass is 1410 g/mol. The number of benzene rings is 6. The first-order chi connectivity index (χ1) is 48.0. The summed E-state index contributed by atoms with van der Waals surface area (Å²) in [7, 11) is 18.3. The standard InChI is InChI=1S/2C16H25NO.C15H22ClN.2C15H22FN.C12H18FN/c1-12(2)15-6-5-14(11-16(15)18-4)13-7-9-17(3)10-8-13;1-12(2)15-8-7-13(10-16(15)18-4)14-6-5-9-17(3)11-14;2*1-11(2)13-4-5-14(15(16)10-13)12-6-8-17(3)9-7-12;1-11(2)12-6-7-14(15(16)9-12)13-5-4-8-17(3)10-13;1-9(2)10-5-6-11(8-14(3)4)12(13)7-10/h5-6,11-13H,7-10H2,1-4H3;7-8,10,12,14H,5-6,9,11H2,1-4H3;2*4-5,10-12H,6-9H2,1-3H3;6-7,9,11,13H,4-5,8,10H2,1-3H3;5-7,9H,8H2,1-4H3. The van der Waals surface area contributed by atoms with Gasteiger partial charge in [-0.1, -0.05) is 167 Å². The second kappa shape index (κ2) is 42.0. The van der Waals surface area contributed by atoms with E-state index in [1.165, 1.54) is 118 Å². The van der Waals surface area contributed by atoms with Crippen molar-refractivity contribution in [3.63, 3.8) is 0 Å². The van der Waals surface area contributed by atoms with Gasteiger partial charge in [-0.05, 0) is 329 Å². The number of nitrogens with zero attached hydrogens (tertiary/aromatic N) is 6. The zero-order valence-electron chi connectivity index (χ0n) is 66.6. The van der Waals surface area contributed by atoms with Crippen molar-refractivity contribution < 1.29 is 22.6 Å². The van der Waals surface area contributed by atoms with E-state index in [1.54, 1.807) is 32.4 Å². The van der Waals surface area contributed by atoms with Crippen LogP contribution < -0.4 is 9.47 Å². The molecule has 5 heterocycles. The highest BCUT2D eigenvalue weighted by Gasteiger charge is 2.26. The molecule has 5 aliphatic heterocycles. The molecular weight excluding hydrogens is 1280 g/mol. The van der Waals surface area contributed by atoms with Gasteiger partial charge in [-0.25, -0.2) is 13.2 Å². The summed E-state index contributed by atoms with van der Waals surface area (Å²) in [5, 5.41) is 0.964. The van der Waals surface area contributed by atoms with Crippen LogP contribution in [0.15, 0.2) is 109 Å². The summed E-state index contributed by atoms with van der Waals surface area (Å²) in [5.41, 5.74) is 14.0. The Kier molecular flexibility index (Phi) is 35.3. The van der Waals surface area contributed by atoms with Crippen LogP contribution in [0.2, 0.25) is 5.02 Å². The third kappa shape index (κ3) is 26.7. The zero-order chi connectivity index (χ0) is 74.2. The average molecular weight is 1410 g/mol. The Morgan fingerprint density at radius 2 is 0.723 bits per heavy atom. The Hall–Kier alpha value is -5.24. The molecule has 6 aromatic carbocycles. The summed E-state index contributed by atoms with van der Waals surface area (Å²) >= 11 is 6.43. The van der Waals surface area contributed by atoms with E-state index in [2.05, 4.69) is 210 Å². The van der Waals surface area contributed by atoms with Crippen LogP contribution in [0.3, 0.4) is 0 Å². The van der Waals surface area contributed by atoms with Gasteiger partial charge in [0.05, 0.1) is 14.2 Å². The summed E-state index contributed by atoms with van der Waals surface area (Å²) in [5.74, 6) is 7.57. The predicted octanol–water partition coefficient (Wildman–Crippen LogP) is 22.1. The summed E-state index contributed by atoms with van der Waals surface area (Å²) in [6.45, 7) is 38.0. The average Bonchev–Trinajstić information content (AvgIpc) is 0.857. The normalized spacial score (nSPS) is 18.7. The highest BCUT2D eigenvalue weighted by molar-refractivity contribution is 6.31. The minimum atomic E-state index is -0.0927. The van der Waals surface area contributed by atoms with Crippen LogP contribution in [0.4, 0.5) is 13.2 Å². The molecule has 0 N–H and O–H groups in total. The second-order valence-electron chi connectivity index (χ2n) is 32.3. The van der Waals surface area contributed by atoms with E-state index < -0.39 is 0 Å². The van der Waals surface area contributed by atoms with Crippen LogP contribution in [-0.4, -0.2) is 158 Å². The molecule has 2 atom stereocenters. The van der Waals surface area contributed by atoms with Gasteiger partial charge in [-0.2, -0.15) is 0 Å². The predicted molar refractivity (Wildman–Crippen MR) is 426 cm³/mol. The van der Waals surface area contributed by atoms with E-state index in [-0.39, 0.29) is 17.5 Å². The Balaban J connectivity index is 0.000000191. The fourth-order valence-corrected chi connectivity index (χ4v) is 15.2. The van der Waals surface area contributed by atoms with Gasteiger partial charge in [-0.15, -0.1) is 0 Å². The Labute approximate surface area is 618 Å². The van der Waals surface area contributed by atoms with E-state index in [9.17, 15) is 13.2 Å². The minimum absolute atomic E-state index is 0.00856. The Morgan fingerprint density at radius 1 is 0.376 bits per heavy atom. The first kappa shape index (κ1) is 84.7. The van der Waals surface area contributed by atoms with Crippen LogP contribution in [0, 0.1) is 17.5 Å². The van der Waals surface area contributed by atoms with E-state index in [0.29, 0.717) is 71.6 Å². The van der Waals surface area contributed by atoms with Crippen molar-refractivity contribution in [2.45, 2.75) is 219 Å². The molecule has 560 valence electrons. The number of likely N-dealkylation sites (N-methyl/N-ethyl adjacent to an activating group) is 2. The van der Waals surface area contributed by atoms with Gasteiger partial charge in [0.15, 0.2) is 0 Å². The lowest BCUT2D eigenvalue weighted by atomic mass is 9.88. The summed E-state index contributed by atoms with van der Waals surface area (Å²) < 4.78 is 52.8. The van der Waals surface area contributed by atoms with Gasteiger partial charge in [0.2, 0.25) is 0 Å². The lowest BCUT2D eigenvalue weighted by molar-refractivity contribution is 0.248. The quantitative estimate of drug-likeness (QED) is 0.101. The number of hydrogen-bond acceptors (Lipinski definition) is 8. The first-order valence-corrected chi connectivity index (χ1v) is 38.9. The number of halogens is 4. The molecule has 0 amide bonds.